The van der Waals surface area contributed by atoms with Crippen LogP contribution < -0.4 is 11.1 Å². The van der Waals surface area contributed by atoms with Crippen LogP contribution in [0.25, 0.3) is 0 Å². The summed E-state index contributed by atoms with van der Waals surface area (Å²) in [6, 6.07) is 9.42. The summed E-state index contributed by atoms with van der Waals surface area (Å²) in [5, 5.41) is 2.97. The van der Waals surface area contributed by atoms with E-state index in [-0.39, 0.29) is 11.4 Å². The van der Waals surface area contributed by atoms with Crippen LogP contribution in [-0.2, 0) is 11.2 Å². The topological polar surface area (TPSA) is 47.3 Å². The number of nitrogens with two attached hydrogens (primary N) is 1. The molecule has 2 aromatic carbocycles. The van der Waals surface area contributed by atoms with Crippen LogP contribution in [-0.4, -0.2) is 13.7 Å². The Morgan fingerprint density at radius 2 is 1.90 bits per heavy atom. The average molecular weight is 278 g/mol. The third-order valence-corrected chi connectivity index (χ3v) is 2.96. The first-order valence-electron chi connectivity index (χ1n) is 6.20. The van der Waals surface area contributed by atoms with Crippen LogP contribution in [0.1, 0.15) is 5.56 Å². The molecular weight excluding hydrogens is 262 g/mol. The van der Waals surface area contributed by atoms with Gasteiger partial charge in [-0.15, -0.1) is 0 Å². The van der Waals surface area contributed by atoms with Crippen molar-refractivity contribution in [2.24, 2.45) is 0 Å². The Hall–Kier alpha value is -2.14. The summed E-state index contributed by atoms with van der Waals surface area (Å²) in [6.07, 6.45) is 0.692. The van der Waals surface area contributed by atoms with Gasteiger partial charge in [0.25, 0.3) is 0 Å². The van der Waals surface area contributed by atoms with Gasteiger partial charge in [-0.3, -0.25) is 0 Å². The van der Waals surface area contributed by atoms with Crippen LogP contribution in [0.2, 0.25) is 0 Å². The number of ether oxygens (including phenoxy) is 1. The molecule has 0 aliphatic carbocycles. The van der Waals surface area contributed by atoms with E-state index < -0.39 is 11.6 Å². The number of para-hydroxylation sites is 1. The van der Waals surface area contributed by atoms with Crippen LogP contribution in [0.15, 0.2) is 36.4 Å². The van der Waals surface area contributed by atoms with Crippen molar-refractivity contribution in [1.29, 1.82) is 0 Å². The summed E-state index contributed by atoms with van der Waals surface area (Å²) in [4.78, 5) is 0. The van der Waals surface area contributed by atoms with Crippen molar-refractivity contribution in [2.45, 2.75) is 6.42 Å². The quantitative estimate of drug-likeness (QED) is 0.823. The first-order valence-corrected chi connectivity index (χ1v) is 6.20. The zero-order valence-electron chi connectivity index (χ0n) is 11.1. The Morgan fingerprint density at radius 3 is 2.65 bits per heavy atom. The lowest BCUT2D eigenvalue weighted by Gasteiger charge is -2.14. The summed E-state index contributed by atoms with van der Waals surface area (Å²) < 4.78 is 31.7. The monoisotopic (exact) mass is 278 g/mol. The lowest BCUT2D eigenvalue weighted by molar-refractivity contribution is 0.202. The maximum Gasteiger partial charge on any atom is 0.151 e. The molecule has 2 aromatic rings. The largest absolute Gasteiger partial charge is 0.395 e. The number of benzene rings is 2. The van der Waals surface area contributed by atoms with Crippen molar-refractivity contribution in [2.75, 3.05) is 24.8 Å². The van der Waals surface area contributed by atoms with Crippen LogP contribution in [0, 0.1) is 11.6 Å². The second-order valence-corrected chi connectivity index (χ2v) is 4.37. The van der Waals surface area contributed by atoms with E-state index in [0.717, 1.165) is 17.3 Å². The van der Waals surface area contributed by atoms with E-state index in [4.69, 9.17) is 10.5 Å². The number of rotatable bonds is 5. The van der Waals surface area contributed by atoms with Gasteiger partial charge in [0, 0.05) is 18.9 Å². The van der Waals surface area contributed by atoms with Gasteiger partial charge < -0.3 is 15.8 Å². The molecule has 20 heavy (non-hydrogen) atoms. The number of methoxy groups -OCH3 is 1. The van der Waals surface area contributed by atoms with Gasteiger partial charge in [0.2, 0.25) is 0 Å². The summed E-state index contributed by atoms with van der Waals surface area (Å²) in [5.41, 5.74) is 7.47. The fourth-order valence-electron chi connectivity index (χ4n) is 1.91. The van der Waals surface area contributed by atoms with Crippen LogP contribution in [0.5, 0.6) is 0 Å². The average Bonchev–Trinajstić information content (AvgIpc) is 2.43. The van der Waals surface area contributed by atoms with Gasteiger partial charge in [-0.25, -0.2) is 8.78 Å². The van der Waals surface area contributed by atoms with Crippen molar-refractivity contribution in [3.8, 4) is 0 Å². The predicted octanol–water partition coefficient (Wildman–Crippen LogP) is 3.48. The van der Waals surface area contributed by atoms with Crippen molar-refractivity contribution in [3.63, 3.8) is 0 Å². The molecule has 0 aliphatic heterocycles. The molecule has 0 saturated carbocycles. The van der Waals surface area contributed by atoms with E-state index in [0.29, 0.717) is 13.0 Å². The SMILES string of the molecule is COCCc1ccccc1Nc1cc(F)cc(F)c1N. The molecule has 0 unspecified atom stereocenters. The molecule has 5 heteroatoms. The first-order chi connectivity index (χ1) is 9.61. The molecule has 0 spiro atoms. The van der Waals surface area contributed by atoms with Crippen LogP contribution in [0.3, 0.4) is 0 Å². The molecule has 0 radical (unpaired) electrons. The van der Waals surface area contributed by atoms with Gasteiger partial charge in [-0.05, 0) is 24.1 Å². The molecule has 3 N–H and O–H groups in total. The Bertz CT molecular complexity index is 602. The Morgan fingerprint density at radius 1 is 1.15 bits per heavy atom. The summed E-state index contributed by atoms with van der Waals surface area (Å²) in [7, 11) is 1.62. The lowest BCUT2D eigenvalue weighted by Crippen LogP contribution is -2.03. The van der Waals surface area contributed by atoms with Gasteiger partial charge in [0.1, 0.15) is 5.82 Å². The summed E-state index contributed by atoms with van der Waals surface area (Å²) in [6.45, 7) is 0.561. The van der Waals surface area contributed by atoms with Crippen LogP contribution in [0.4, 0.5) is 25.8 Å². The zero-order chi connectivity index (χ0) is 14.5. The standard InChI is InChI=1S/C15H16F2N2O/c1-20-7-6-10-4-2-3-5-13(10)19-14-9-11(16)8-12(17)15(14)18/h2-5,8-9,19H,6-7,18H2,1H3. The van der Waals surface area contributed by atoms with Crippen molar-refractivity contribution >= 4 is 17.1 Å². The fraction of sp³-hybridized carbons (Fsp3) is 0.200. The molecule has 0 aromatic heterocycles. The van der Waals surface area contributed by atoms with E-state index in [1.807, 2.05) is 24.3 Å². The first kappa shape index (κ1) is 14.3. The Balaban J connectivity index is 2.30. The van der Waals surface area contributed by atoms with Crippen molar-refractivity contribution < 1.29 is 13.5 Å². The molecular formula is C15H16F2N2O. The molecule has 0 heterocycles. The van der Waals surface area contributed by atoms with Crippen LogP contribution >= 0.6 is 0 Å². The number of nitrogens with one attached hydrogen (secondary N) is 1. The molecule has 106 valence electrons. The van der Waals surface area contributed by atoms with Gasteiger partial charge in [-0.1, -0.05) is 18.2 Å². The minimum atomic E-state index is -0.776. The van der Waals surface area contributed by atoms with Crippen molar-refractivity contribution in [3.05, 3.63) is 53.6 Å². The smallest absolute Gasteiger partial charge is 0.151 e. The van der Waals surface area contributed by atoms with Gasteiger partial charge in [0.05, 0.1) is 18.0 Å². The summed E-state index contributed by atoms with van der Waals surface area (Å²) >= 11 is 0. The molecule has 0 bridgehead atoms. The molecule has 0 aliphatic rings. The number of anilines is 3. The molecule has 0 amide bonds. The molecule has 0 fully saturated rings. The minimum absolute atomic E-state index is 0.104. The maximum atomic E-state index is 13.4. The third-order valence-electron chi connectivity index (χ3n) is 2.96. The Kier molecular flexibility index (Phi) is 4.53. The lowest BCUT2D eigenvalue weighted by atomic mass is 10.1. The minimum Gasteiger partial charge on any atom is -0.395 e. The number of hydrogen-bond donors (Lipinski definition) is 2. The maximum absolute atomic E-state index is 13.4. The zero-order valence-corrected chi connectivity index (χ0v) is 11.1. The van der Waals surface area contributed by atoms with Gasteiger partial charge in [0.15, 0.2) is 5.82 Å². The second kappa shape index (κ2) is 6.34. The highest BCUT2D eigenvalue weighted by Gasteiger charge is 2.10. The molecule has 0 atom stereocenters. The fourth-order valence-corrected chi connectivity index (χ4v) is 1.91. The highest BCUT2D eigenvalue weighted by molar-refractivity contribution is 5.74. The number of hydrogen-bond acceptors (Lipinski definition) is 3. The van der Waals surface area contributed by atoms with Crippen molar-refractivity contribution in [1.82, 2.24) is 0 Å². The number of halogens is 2. The molecule has 3 nitrogen and oxygen atoms in total. The highest BCUT2D eigenvalue weighted by atomic mass is 19.1. The second-order valence-electron chi connectivity index (χ2n) is 4.37. The van der Waals surface area contributed by atoms with Gasteiger partial charge >= 0.3 is 0 Å². The van der Waals surface area contributed by atoms with E-state index >= 15 is 0 Å². The van der Waals surface area contributed by atoms with E-state index in [9.17, 15) is 8.78 Å². The van der Waals surface area contributed by atoms with E-state index in [2.05, 4.69) is 5.32 Å². The normalized spacial score (nSPS) is 10.6. The van der Waals surface area contributed by atoms with Gasteiger partial charge in [-0.2, -0.15) is 0 Å². The molecule has 0 saturated heterocycles. The van der Waals surface area contributed by atoms with E-state index in [1.54, 1.807) is 7.11 Å². The van der Waals surface area contributed by atoms with E-state index in [1.165, 1.54) is 6.07 Å². The Labute approximate surface area is 116 Å². The highest BCUT2D eigenvalue weighted by Crippen LogP contribution is 2.28. The number of nitrogen functional groups attached to an aromatic ring is 1. The third kappa shape index (κ3) is 3.24. The molecule has 2 rings (SSSR count). The predicted molar refractivity (Wildman–Crippen MR) is 76.1 cm³/mol. The summed E-state index contributed by atoms with van der Waals surface area (Å²) in [5.74, 6) is -1.45.